The fourth-order valence-corrected chi connectivity index (χ4v) is 9.08. The van der Waals surface area contributed by atoms with Gasteiger partial charge in [0.2, 0.25) is 0 Å². The maximum Gasteiger partial charge on any atom is 0.160 e. The summed E-state index contributed by atoms with van der Waals surface area (Å²) >= 11 is 0. The number of aliphatic hydroxyl groups excluding tert-OH is 1. The Kier molecular flexibility index (Phi) is 13.4. The Balaban J connectivity index is 1.41. The van der Waals surface area contributed by atoms with Crippen molar-refractivity contribution in [2.75, 3.05) is 0 Å². The van der Waals surface area contributed by atoms with Gasteiger partial charge in [0.05, 0.1) is 32.5 Å². The second-order valence-electron chi connectivity index (χ2n) is 15.9. The molecule has 0 radical (unpaired) electrons. The Morgan fingerprint density at radius 2 is 0.836 bits per heavy atom. The van der Waals surface area contributed by atoms with Crippen LogP contribution in [0, 0.1) is 0 Å². The zero-order chi connectivity index (χ0) is 41.8. The molecule has 1 fully saturated rings. The van der Waals surface area contributed by atoms with Crippen LogP contribution in [0.4, 0.5) is 0 Å². The highest BCUT2D eigenvalue weighted by molar-refractivity contribution is 5.69. The molecule has 0 bridgehead atoms. The molecular weight excluding hydrogens is 757 g/mol. The van der Waals surface area contributed by atoms with Crippen LogP contribution in [0.5, 0.6) is 0 Å². The van der Waals surface area contributed by atoms with Crippen molar-refractivity contribution >= 4 is 6.29 Å². The van der Waals surface area contributed by atoms with Gasteiger partial charge in [-0.3, -0.25) is 4.79 Å². The summed E-state index contributed by atoms with van der Waals surface area (Å²) in [6.07, 6.45) is -0.894. The van der Waals surface area contributed by atoms with Gasteiger partial charge in [-0.25, -0.2) is 0 Å². The van der Waals surface area contributed by atoms with Gasteiger partial charge in [0.15, 0.2) is 11.9 Å². The van der Waals surface area contributed by atoms with E-state index in [4.69, 9.17) is 18.9 Å². The third kappa shape index (κ3) is 8.92. The minimum atomic E-state index is -1.77. The van der Waals surface area contributed by atoms with E-state index < -0.39 is 34.9 Å². The van der Waals surface area contributed by atoms with Gasteiger partial charge in [0, 0.05) is 18.8 Å². The summed E-state index contributed by atoms with van der Waals surface area (Å²) in [7, 11) is 0. The number of carbonyl (C=O) groups excluding carboxylic acids is 1. The van der Waals surface area contributed by atoms with Crippen LogP contribution < -0.4 is 0 Å². The van der Waals surface area contributed by atoms with Crippen LogP contribution in [0.25, 0.3) is 0 Å². The first-order valence-corrected chi connectivity index (χ1v) is 21.0. The third-order valence-corrected chi connectivity index (χ3v) is 12.1. The number of hydrogen-bond acceptors (Lipinski definition) is 6. The Bertz CT molecular complexity index is 2370. The van der Waals surface area contributed by atoms with Crippen LogP contribution in [0.15, 0.2) is 212 Å². The number of carbonyl (C=O) groups is 1. The summed E-state index contributed by atoms with van der Waals surface area (Å²) in [4.78, 5) is 14.9. The molecule has 0 heterocycles. The number of ether oxygens (including phenoxy) is 4. The molecule has 61 heavy (non-hydrogen) atoms. The summed E-state index contributed by atoms with van der Waals surface area (Å²) < 4.78 is 29.4. The predicted octanol–water partition coefficient (Wildman–Crippen LogP) is 10.3. The van der Waals surface area contributed by atoms with Crippen molar-refractivity contribution in [1.82, 2.24) is 0 Å². The van der Waals surface area contributed by atoms with Gasteiger partial charge >= 0.3 is 0 Å². The zero-order valence-electron chi connectivity index (χ0n) is 34.2. The molecule has 7 aromatic rings. The maximum absolute atomic E-state index is 14.9. The maximum atomic E-state index is 14.9. The molecular formula is C55H52O6. The van der Waals surface area contributed by atoms with E-state index in [2.05, 4.69) is 0 Å². The average Bonchev–Trinajstić information content (AvgIpc) is 3.33. The van der Waals surface area contributed by atoms with Crippen molar-refractivity contribution in [3.8, 4) is 0 Å². The summed E-state index contributed by atoms with van der Waals surface area (Å²) in [6, 6.07) is 69.6. The van der Waals surface area contributed by atoms with Crippen molar-refractivity contribution in [2.24, 2.45) is 0 Å². The molecule has 0 aliphatic heterocycles. The summed E-state index contributed by atoms with van der Waals surface area (Å²) in [5, 5.41) is 13.4. The van der Waals surface area contributed by atoms with Gasteiger partial charge in [0.1, 0.15) is 17.3 Å². The Morgan fingerprint density at radius 3 is 1.30 bits per heavy atom. The molecule has 8 rings (SSSR count). The monoisotopic (exact) mass is 808 g/mol. The lowest BCUT2D eigenvalue weighted by Gasteiger charge is -2.68. The Hall–Kier alpha value is -5.99. The summed E-state index contributed by atoms with van der Waals surface area (Å²) in [6.45, 7) is 0.542. The molecule has 7 aromatic carbocycles. The van der Waals surface area contributed by atoms with Crippen LogP contribution >= 0.6 is 0 Å². The number of aldehydes is 1. The second-order valence-corrected chi connectivity index (χ2v) is 15.9. The van der Waals surface area contributed by atoms with Crippen LogP contribution in [-0.4, -0.2) is 40.4 Å². The Morgan fingerprint density at radius 1 is 0.459 bits per heavy atom. The number of benzene rings is 7. The first kappa shape index (κ1) is 41.7. The van der Waals surface area contributed by atoms with Gasteiger partial charge < -0.3 is 24.1 Å². The molecule has 0 aromatic heterocycles. The normalized spacial score (nSPS) is 20.4. The van der Waals surface area contributed by atoms with E-state index in [-0.39, 0.29) is 39.3 Å². The van der Waals surface area contributed by atoms with E-state index in [0.29, 0.717) is 0 Å². The van der Waals surface area contributed by atoms with Crippen LogP contribution in [0.1, 0.15) is 44.9 Å². The van der Waals surface area contributed by atoms with Crippen molar-refractivity contribution in [1.29, 1.82) is 0 Å². The highest BCUT2D eigenvalue weighted by atomic mass is 16.6. The highest BCUT2D eigenvalue weighted by Crippen LogP contribution is 2.62. The predicted molar refractivity (Wildman–Crippen MR) is 238 cm³/mol. The van der Waals surface area contributed by atoms with E-state index in [9.17, 15) is 9.90 Å². The minimum Gasteiger partial charge on any atom is -0.387 e. The largest absolute Gasteiger partial charge is 0.387 e. The third-order valence-electron chi connectivity index (χ3n) is 12.1. The number of rotatable bonds is 20. The average molecular weight is 809 g/mol. The topological polar surface area (TPSA) is 74.2 Å². The quantitative estimate of drug-likeness (QED) is 0.0774. The van der Waals surface area contributed by atoms with Gasteiger partial charge in [-0.1, -0.05) is 212 Å². The molecule has 308 valence electrons. The number of hydrogen-bond donors (Lipinski definition) is 1. The fourth-order valence-electron chi connectivity index (χ4n) is 9.08. The van der Waals surface area contributed by atoms with Crippen LogP contribution in [-0.2, 0) is 63.0 Å². The van der Waals surface area contributed by atoms with Crippen molar-refractivity contribution in [2.45, 2.75) is 74.2 Å². The van der Waals surface area contributed by atoms with Gasteiger partial charge in [-0.2, -0.15) is 0 Å². The van der Waals surface area contributed by atoms with Crippen molar-refractivity contribution in [3.05, 3.63) is 251 Å². The Labute approximate surface area is 359 Å². The molecule has 1 aliphatic carbocycles. The van der Waals surface area contributed by atoms with E-state index in [0.717, 1.165) is 45.2 Å². The summed E-state index contributed by atoms with van der Waals surface area (Å²) in [5.74, 6) is -0.647. The minimum absolute atomic E-state index is 0.0897. The molecule has 1 saturated carbocycles. The second kappa shape index (κ2) is 19.6. The lowest BCUT2D eigenvalue weighted by molar-refractivity contribution is -0.375. The molecule has 6 heteroatoms. The highest BCUT2D eigenvalue weighted by Gasteiger charge is 2.79. The fraction of sp³-hybridized carbons (Fsp3) is 0.218. The molecule has 0 saturated heterocycles. The number of aliphatic hydroxyl groups is 1. The van der Waals surface area contributed by atoms with Crippen molar-refractivity contribution < 1.29 is 28.8 Å². The standard InChI is InChI=1S/C55H52O6/c56-42-53(36-43-22-8-1-9-23-43,59-39-46-28-14-4-15-29-46)54(37-44-24-10-2-11-25-44,60-40-47-30-16-5-17-31-47)55(61-41-48-32-18-6-19-33-48)50(49-34-20-7-21-35-49)51(52(55)57)58-38-45-26-12-3-13-27-45/h1-35,42,50-52,57H,36-41H2/t50?,51?,52-,53+,54-,55+/m1/s1. The van der Waals surface area contributed by atoms with Gasteiger partial charge in [0.25, 0.3) is 0 Å². The van der Waals surface area contributed by atoms with E-state index >= 15 is 0 Å². The van der Waals surface area contributed by atoms with E-state index in [1.165, 1.54) is 0 Å². The molecule has 2 unspecified atom stereocenters. The summed E-state index contributed by atoms with van der Waals surface area (Å²) in [5.41, 5.74) is 1.10. The first-order chi connectivity index (χ1) is 30.1. The van der Waals surface area contributed by atoms with E-state index in [1.807, 2.05) is 212 Å². The lowest BCUT2D eigenvalue weighted by atomic mass is 9.49. The van der Waals surface area contributed by atoms with Crippen molar-refractivity contribution in [3.63, 3.8) is 0 Å². The lowest BCUT2D eigenvalue weighted by Crippen LogP contribution is -2.86. The van der Waals surface area contributed by atoms with Gasteiger partial charge in [-0.05, 0) is 38.9 Å². The smallest absolute Gasteiger partial charge is 0.160 e. The molecule has 0 amide bonds. The van der Waals surface area contributed by atoms with Crippen LogP contribution in [0.3, 0.4) is 0 Å². The first-order valence-electron chi connectivity index (χ1n) is 21.0. The SMILES string of the molecule is O=C[C@](Cc1ccccc1)(OCc1ccccc1)[C@@](Cc1ccccc1)(OCc1ccccc1)[C@]1(OCc2ccccc2)C(c2ccccc2)C(OCc2ccccc2)[C@H]1O. The molecule has 0 spiro atoms. The molecule has 6 nitrogen and oxygen atoms in total. The van der Waals surface area contributed by atoms with E-state index in [1.54, 1.807) is 0 Å². The molecule has 6 atom stereocenters. The molecule has 1 aliphatic rings. The zero-order valence-corrected chi connectivity index (χ0v) is 34.2. The van der Waals surface area contributed by atoms with Gasteiger partial charge in [-0.15, -0.1) is 0 Å². The molecule has 1 N–H and O–H groups in total. The van der Waals surface area contributed by atoms with Crippen LogP contribution in [0.2, 0.25) is 0 Å².